The zero-order valence-corrected chi connectivity index (χ0v) is 17.1. The van der Waals surface area contributed by atoms with Crippen LogP contribution in [0.25, 0.3) is 10.9 Å². The number of H-pyrrole nitrogens is 1. The van der Waals surface area contributed by atoms with E-state index in [9.17, 15) is 9.18 Å². The standard InChI is InChI=1S/C24H27FN2O2/c1-15-11-17(13-26-24(15)18-5-3-4-6-18)14-29-19-8-10-21-20(12-19)23(25)22(27-21)9-7-16(2)28/h8,10-13,18,27H,3-7,9,14H2,1-2H3. The molecule has 1 saturated carbocycles. The normalized spacial score (nSPS) is 14.6. The molecule has 0 radical (unpaired) electrons. The van der Waals surface area contributed by atoms with E-state index in [4.69, 9.17) is 9.72 Å². The van der Waals surface area contributed by atoms with Crippen LogP contribution in [0.2, 0.25) is 0 Å². The first-order chi connectivity index (χ1) is 14.0. The van der Waals surface area contributed by atoms with Crippen molar-refractivity contribution < 1.29 is 13.9 Å². The summed E-state index contributed by atoms with van der Waals surface area (Å²) in [5, 5.41) is 0.493. The zero-order chi connectivity index (χ0) is 20.4. The Balaban J connectivity index is 1.46. The van der Waals surface area contributed by atoms with Crippen molar-refractivity contribution in [1.82, 2.24) is 9.97 Å². The minimum Gasteiger partial charge on any atom is -0.489 e. The molecule has 0 bridgehead atoms. The summed E-state index contributed by atoms with van der Waals surface area (Å²) in [5.74, 6) is 0.965. The molecular formula is C24H27FN2O2. The minimum atomic E-state index is -0.301. The van der Waals surface area contributed by atoms with E-state index >= 15 is 0 Å². The number of benzene rings is 1. The van der Waals surface area contributed by atoms with Crippen LogP contribution in [0.15, 0.2) is 30.5 Å². The maximum atomic E-state index is 14.7. The number of carbonyl (C=O) groups is 1. The maximum absolute atomic E-state index is 14.7. The number of carbonyl (C=O) groups excluding carboxylic acids is 1. The lowest BCUT2D eigenvalue weighted by Crippen LogP contribution is -2.03. The fraction of sp³-hybridized carbons (Fsp3) is 0.417. The van der Waals surface area contributed by atoms with Gasteiger partial charge in [-0.05, 0) is 62.9 Å². The van der Waals surface area contributed by atoms with Gasteiger partial charge in [0.15, 0.2) is 5.82 Å². The van der Waals surface area contributed by atoms with Gasteiger partial charge in [0.05, 0.1) is 5.69 Å². The third-order valence-corrected chi connectivity index (χ3v) is 5.83. The van der Waals surface area contributed by atoms with Crippen molar-refractivity contribution in [3.63, 3.8) is 0 Å². The van der Waals surface area contributed by atoms with Crippen molar-refractivity contribution in [3.05, 3.63) is 58.8 Å². The number of aromatic amines is 1. The predicted molar refractivity (Wildman–Crippen MR) is 112 cm³/mol. The molecule has 2 aromatic heterocycles. The number of aryl methyl sites for hydroxylation is 2. The summed E-state index contributed by atoms with van der Waals surface area (Å²) in [4.78, 5) is 18.9. The molecule has 1 aliphatic rings. The van der Waals surface area contributed by atoms with Crippen LogP contribution in [0.5, 0.6) is 5.75 Å². The second-order valence-electron chi connectivity index (χ2n) is 8.14. The zero-order valence-electron chi connectivity index (χ0n) is 17.1. The molecule has 1 fully saturated rings. The fourth-order valence-electron chi connectivity index (χ4n) is 4.27. The Labute approximate surface area is 170 Å². The Morgan fingerprint density at radius 3 is 2.79 bits per heavy atom. The molecule has 1 N–H and O–H groups in total. The summed E-state index contributed by atoms with van der Waals surface area (Å²) in [6.07, 6.45) is 7.67. The Morgan fingerprint density at radius 2 is 2.07 bits per heavy atom. The van der Waals surface area contributed by atoms with Crippen LogP contribution in [0, 0.1) is 12.7 Å². The van der Waals surface area contributed by atoms with Crippen molar-refractivity contribution in [2.45, 2.75) is 64.9 Å². The van der Waals surface area contributed by atoms with Crippen LogP contribution in [0.1, 0.15) is 67.5 Å². The Morgan fingerprint density at radius 1 is 1.28 bits per heavy atom. The number of hydrogen-bond donors (Lipinski definition) is 1. The van der Waals surface area contributed by atoms with Crippen molar-refractivity contribution >= 4 is 16.7 Å². The first kappa shape index (κ1) is 19.6. The summed E-state index contributed by atoms with van der Waals surface area (Å²) in [6.45, 7) is 4.03. The van der Waals surface area contributed by atoms with Gasteiger partial charge in [-0.15, -0.1) is 0 Å². The first-order valence-electron chi connectivity index (χ1n) is 10.4. The molecule has 3 aromatic rings. The average molecular weight is 394 g/mol. The molecule has 152 valence electrons. The largest absolute Gasteiger partial charge is 0.489 e. The van der Waals surface area contributed by atoms with Crippen LogP contribution < -0.4 is 4.74 Å². The van der Waals surface area contributed by atoms with Gasteiger partial charge >= 0.3 is 0 Å². The number of hydrogen-bond acceptors (Lipinski definition) is 3. The van der Waals surface area contributed by atoms with Gasteiger partial charge in [-0.25, -0.2) is 4.39 Å². The van der Waals surface area contributed by atoms with Gasteiger partial charge in [-0.3, -0.25) is 4.98 Å². The highest BCUT2D eigenvalue weighted by molar-refractivity contribution is 5.83. The topological polar surface area (TPSA) is 55.0 Å². The van der Waals surface area contributed by atoms with Gasteiger partial charge in [0.25, 0.3) is 0 Å². The second kappa shape index (κ2) is 8.36. The number of ether oxygens (including phenoxy) is 1. The molecule has 2 heterocycles. The lowest BCUT2D eigenvalue weighted by atomic mass is 9.98. The molecule has 0 saturated heterocycles. The van der Waals surface area contributed by atoms with E-state index in [1.807, 2.05) is 18.3 Å². The molecule has 0 spiro atoms. The van der Waals surface area contributed by atoms with Crippen molar-refractivity contribution in [2.75, 3.05) is 0 Å². The lowest BCUT2D eigenvalue weighted by Gasteiger charge is -2.13. The third-order valence-electron chi connectivity index (χ3n) is 5.83. The molecule has 0 atom stereocenters. The number of pyridine rings is 1. The molecule has 4 rings (SSSR count). The van der Waals surface area contributed by atoms with Gasteiger partial charge in [-0.2, -0.15) is 0 Å². The van der Waals surface area contributed by atoms with Gasteiger partial charge in [-0.1, -0.05) is 12.8 Å². The predicted octanol–water partition coefficient (Wildman–Crippen LogP) is 5.77. The molecular weight excluding hydrogens is 367 g/mol. The lowest BCUT2D eigenvalue weighted by molar-refractivity contribution is -0.117. The second-order valence-corrected chi connectivity index (χ2v) is 8.14. The van der Waals surface area contributed by atoms with Crippen molar-refractivity contribution in [1.29, 1.82) is 0 Å². The minimum absolute atomic E-state index is 0.0509. The average Bonchev–Trinajstić information content (AvgIpc) is 3.33. The van der Waals surface area contributed by atoms with E-state index in [1.54, 1.807) is 6.07 Å². The van der Waals surface area contributed by atoms with E-state index in [0.717, 1.165) is 5.56 Å². The van der Waals surface area contributed by atoms with E-state index in [2.05, 4.69) is 18.0 Å². The van der Waals surface area contributed by atoms with Crippen LogP contribution in [-0.2, 0) is 17.8 Å². The molecule has 5 heteroatoms. The summed E-state index contributed by atoms with van der Waals surface area (Å²) in [6, 6.07) is 7.51. The third kappa shape index (κ3) is 4.34. The van der Waals surface area contributed by atoms with Gasteiger partial charge in [0.2, 0.25) is 0 Å². The van der Waals surface area contributed by atoms with Crippen molar-refractivity contribution in [3.8, 4) is 5.75 Å². The Bertz CT molecular complexity index is 1030. The number of nitrogens with one attached hydrogen (secondary N) is 1. The maximum Gasteiger partial charge on any atom is 0.151 e. The van der Waals surface area contributed by atoms with E-state index in [0.29, 0.717) is 47.7 Å². The first-order valence-corrected chi connectivity index (χ1v) is 10.4. The number of nitrogens with zero attached hydrogens (tertiary/aromatic N) is 1. The molecule has 29 heavy (non-hydrogen) atoms. The van der Waals surface area contributed by atoms with Crippen molar-refractivity contribution in [2.24, 2.45) is 0 Å². The quantitative estimate of drug-likeness (QED) is 0.553. The molecule has 0 aliphatic heterocycles. The molecule has 4 nitrogen and oxygen atoms in total. The Hall–Kier alpha value is -2.69. The van der Waals surface area contributed by atoms with E-state index in [-0.39, 0.29) is 11.6 Å². The number of fused-ring (bicyclic) bond motifs is 1. The molecule has 0 amide bonds. The number of rotatable bonds is 7. The van der Waals surface area contributed by atoms with Gasteiger partial charge < -0.3 is 14.5 Å². The number of aromatic nitrogens is 2. The highest BCUT2D eigenvalue weighted by Gasteiger charge is 2.20. The fourth-order valence-corrected chi connectivity index (χ4v) is 4.27. The highest BCUT2D eigenvalue weighted by atomic mass is 19.1. The number of ketones is 1. The van der Waals surface area contributed by atoms with Crippen LogP contribution in [0.4, 0.5) is 4.39 Å². The summed E-state index contributed by atoms with van der Waals surface area (Å²) >= 11 is 0. The van der Waals surface area contributed by atoms with Crippen LogP contribution >= 0.6 is 0 Å². The van der Waals surface area contributed by atoms with Gasteiger partial charge in [0, 0.05) is 40.7 Å². The van der Waals surface area contributed by atoms with Gasteiger partial charge in [0.1, 0.15) is 18.1 Å². The SMILES string of the molecule is CC(=O)CCc1[nH]c2ccc(OCc3cnc(C4CCCC4)c(C)c3)cc2c1F. The van der Waals surface area contributed by atoms with E-state index in [1.165, 1.54) is 43.9 Å². The number of halogens is 1. The smallest absolute Gasteiger partial charge is 0.151 e. The molecule has 1 aliphatic carbocycles. The highest BCUT2D eigenvalue weighted by Crippen LogP contribution is 2.34. The summed E-state index contributed by atoms with van der Waals surface area (Å²) < 4.78 is 20.6. The summed E-state index contributed by atoms with van der Waals surface area (Å²) in [7, 11) is 0. The molecule has 1 aromatic carbocycles. The molecule has 0 unspecified atom stereocenters. The van der Waals surface area contributed by atoms with Crippen LogP contribution in [0.3, 0.4) is 0 Å². The number of Topliss-reactive ketones (excluding diaryl/α,β-unsaturated/α-hetero) is 1. The van der Waals surface area contributed by atoms with E-state index < -0.39 is 0 Å². The summed E-state index contributed by atoms with van der Waals surface area (Å²) in [5.41, 5.74) is 4.64. The Kier molecular flexibility index (Phi) is 5.65. The monoisotopic (exact) mass is 394 g/mol. The van der Waals surface area contributed by atoms with Crippen LogP contribution in [-0.4, -0.2) is 15.8 Å².